The SMILES string of the molecule is CCCNC(=O)CN(C)CC1CCCCO1. The van der Waals surface area contributed by atoms with Gasteiger partial charge >= 0.3 is 0 Å². The van der Waals surface area contributed by atoms with E-state index in [1.807, 2.05) is 11.9 Å². The van der Waals surface area contributed by atoms with Crippen LogP contribution in [0.15, 0.2) is 0 Å². The van der Waals surface area contributed by atoms with Gasteiger partial charge in [-0.25, -0.2) is 0 Å². The molecular weight excluding hydrogens is 204 g/mol. The highest BCUT2D eigenvalue weighted by molar-refractivity contribution is 5.77. The second-order valence-corrected chi connectivity index (χ2v) is 4.54. The van der Waals surface area contributed by atoms with Gasteiger partial charge in [0.2, 0.25) is 5.91 Å². The number of hydrogen-bond donors (Lipinski definition) is 1. The molecule has 0 aliphatic carbocycles. The van der Waals surface area contributed by atoms with Crippen LogP contribution in [0.3, 0.4) is 0 Å². The highest BCUT2D eigenvalue weighted by Gasteiger charge is 2.16. The van der Waals surface area contributed by atoms with Crippen LogP contribution in [0.25, 0.3) is 0 Å². The molecule has 1 fully saturated rings. The summed E-state index contributed by atoms with van der Waals surface area (Å²) < 4.78 is 5.64. The van der Waals surface area contributed by atoms with E-state index in [9.17, 15) is 4.79 Å². The summed E-state index contributed by atoms with van der Waals surface area (Å²) >= 11 is 0. The number of ether oxygens (including phenoxy) is 1. The van der Waals surface area contributed by atoms with Gasteiger partial charge in [-0.1, -0.05) is 6.92 Å². The molecule has 0 aromatic rings. The van der Waals surface area contributed by atoms with Crippen molar-refractivity contribution in [1.29, 1.82) is 0 Å². The third-order valence-corrected chi connectivity index (χ3v) is 2.77. The fraction of sp³-hybridized carbons (Fsp3) is 0.917. The van der Waals surface area contributed by atoms with E-state index in [4.69, 9.17) is 4.74 Å². The molecule has 1 aliphatic heterocycles. The summed E-state index contributed by atoms with van der Waals surface area (Å²) in [5.74, 6) is 0.111. The Hall–Kier alpha value is -0.610. The Morgan fingerprint density at radius 3 is 2.94 bits per heavy atom. The Labute approximate surface area is 98.3 Å². The summed E-state index contributed by atoms with van der Waals surface area (Å²) in [6.45, 7) is 5.03. The minimum absolute atomic E-state index is 0.111. The number of amides is 1. The van der Waals surface area contributed by atoms with E-state index in [1.54, 1.807) is 0 Å². The lowest BCUT2D eigenvalue weighted by Crippen LogP contribution is -2.40. The molecule has 0 spiro atoms. The molecule has 0 aromatic carbocycles. The van der Waals surface area contributed by atoms with Crippen LogP contribution in [0.1, 0.15) is 32.6 Å². The van der Waals surface area contributed by atoms with Crippen molar-refractivity contribution >= 4 is 5.91 Å². The van der Waals surface area contributed by atoms with Gasteiger partial charge in [0.25, 0.3) is 0 Å². The number of carbonyl (C=O) groups is 1. The van der Waals surface area contributed by atoms with E-state index in [2.05, 4.69) is 12.2 Å². The fourth-order valence-electron chi connectivity index (χ4n) is 1.93. The van der Waals surface area contributed by atoms with Crippen LogP contribution in [-0.4, -0.2) is 50.2 Å². The lowest BCUT2D eigenvalue weighted by molar-refractivity contribution is -0.122. The van der Waals surface area contributed by atoms with Crippen molar-refractivity contribution in [1.82, 2.24) is 10.2 Å². The van der Waals surface area contributed by atoms with Gasteiger partial charge in [-0.05, 0) is 32.7 Å². The molecule has 1 heterocycles. The quantitative estimate of drug-likeness (QED) is 0.738. The predicted molar refractivity (Wildman–Crippen MR) is 64.4 cm³/mol. The highest BCUT2D eigenvalue weighted by Crippen LogP contribution is 2.13. The molecule has 16 heavy (non-hydrogen) atoms. The smallest absolute Gasteiger partial charge is 0.234 e. The summed E-state index contributed by atoms with van der Waals surface area (Å²) in [6.07, 6.45) is 4.86. The Kier molecular flexibility index (Phi) is 6.42. The van der Waals surface area contributed by atoms with Crippen molar-refractivity contribution in [3.63, 3.8) is 0 Å². The lowest BCUT2D eigenvalue weighted by atomic mass is 10.1. The van der Waals surface area contributed by atoms with Gasteiger partial charge < -0.3 is 10.1 Å². The first-order valence-corrected chi connectivity index (χ1v) is 6.29. The molecular formula is C12H24N2O2. The topological polar surface area (TPSA) is 41.6 Å². The molecule has 0 radical (unpaired) electrons. The van der Waals surface area contributed by atoms with Gasteiger partial charge in [0.05, 0.1) is 12.6 Å². The maximum atomic E-state index is 11.5. The maximum Gasteiger partial charge on any atom is 0.234 e. The Morgan fingerprint density at radius 1 is 1.50 bits per heavy atom. The van der Waals surface area contributed by atoms with Gasteiger partial charge in [-0.3, -0.25) is 9.69 Å². The van der Waals surface area contributed by atoms with Crippen LogP contribution < -0.4 is 5.32 Å². The van der Waals surface area contributed by atoms with Crippen molar-refractivity contribution in [2.24, 2.45) is 0 Å². The van der Waals surface area contributed by atoms with E-state index in [0.717, 1.165) is 32.5 Å². The molecule has 1 rings (SSSR count). The van der Waals surface area contributed by atoms with E-state index in [1.165, 1.54) is 12.8 Å². The Bertz CT molecular complexity index is 203. The lowest BCUT2D eigenvalue weighted by Gasteiger charge is -2.27. The zero-order chi connectivity index (χ0) is 11.8. The largest absolute Gasteiger partial charge is 0.377 e. The van der Waals surface area contributed by atoms with Crippen LogP contribution in [0.4, 0.5) is 0 Å². The van der Waals surface area contributed by atoms with Gasteiger partial charge in [0.1, 0.15) is 0 Å². The summed E-state index contributed by atoms with van der Waals surface area (Å²) in [4.78, 5) is 13.5. The van der Waals surface area contributed by atoms with Crippen LogP contribution in [0.5, 0.6) is 0 Å². The summed E-state index contributed by atoms with van der Waals surface area (Å²) in [6, 6.07) is 0. The highest BCUT2D eigenvalue weighted by atomic mass is 16.5. The van der Waals surface area contributed by atoms with Gasteiger partial charge in [-0.2, -0.15) is 0 Å². The van der Waals surface area contributed by atoms with Crippen LogP contribution in [-0.2, 0) is 9.53 Å². The van der Waals surface area contributed by atoms with E-state index >= 15 is 0 Å². The fourth-order valence-corrected chi connectivity index (χ4v) is 1.93. The van der Waals surface area contributed by atoms with Crippen molar-refractivity contribution in [2.45, 2.75) is 38.7 Å². The molecule has 1 atom stereocenters. The van der Waals surface area contributed by atoms with Gasteiger partial charge in [0.15, 0.2) is 0 Å². The molecule has 1 saturated heterocycles. The first-order chi connectivity index (χ1) is 7.72. The monoisotopic (exact) mass is 228 g/mol. The Balaban J connectivity index is 2.13. The second kappa shape index (κ2) is 7.63. The summed E-state index contributed by atoms with van der Waals surface area (Å²) in [7, 11) is 1.98. The minimum Gasteiger partial charge on any atom is -0.377 e. The predicted octanol–water partition coefficient (Wildman–Crippen LogP) is 1.01. The third kappa shape index (κ3) is 5.47. The standard InChI is InChI=1S/C12H24N2O2/c1-3-7-13-12(15)10-14(2)9-11-6-4-5-8-16-11/h11H,3-10H2,1-2H3,(H,13,15). The van der Waals surface area contributed by atoms with Gasteiger partial charge in [-0.15, -0.1) is 0 Å². The second-order valence-electron chi connectivity index (χ2n) is 4.54. The van der Waals surface area contributed by atoms with Gasteiger partial charge in [0, 0.05) is 19.7 Å². The number of hydrogen-bond acceptors (Lipinski definition) is 3. The average Bonchev–Trinajstić information content (AvgIpc) is 2.27. The van der Waals surface area contributed by atoms with E-state index in [-0.39, 0.29) is 5.91 Å². The number of rotatable bonds is 6. The number of likely N-dealkylation sites (N-methyl/N-ethyl adjacent to an activating group) is 1. The average molecular weight is 228 g/mol. The third-order valence-electron chi connectivity index (χ3n) is 2.77. The molecule has 1 amide bonds. The number of nitrogens with one attached hydrogen (secondary N) is 1. The molecule has 0 aromatic heterocycles. The molecule has 94 valence electrons. The van der Waals surface area contributed by atoms with Crippen molar-refractivity contribution in [3.05, 3.63) is 0 Å². The Morgan fingerprint density at radius 2 is 2.31 bits per heavy atom. The molecule has 1 unspecified atom stereocenters. The van der Waals surface area contributed by atoms with E-state index < -0.39 is 0 Å². The maximum absolute atomic E-state index is 11.5. The van der Waals surface area contributed by atoms with Crippen LogP contribution >= 0.6 is 0 Å². The van der Waals surface area contributed by atoms with E-state index in [0.29, 0.717) is 12.6 Å². The minimum atomic E-state index is 0.111. The van der Waals surface area contributed by atoms with Crippen molar-refractivity contribution < 1.29 is 9.53 Å². The van der Waals surface area contributed by atoms with Crippen molar-refractivity contribution in [2.75, 3.05) is 33.3 Å². The molecule has 0 saturated carbocycles. The molecule has 4 nitrogen and oxygen atoms in total. The zero-order valence-electron chi connectivity index (χ0n) is 10.5. The summed E-state index contributed by atoms with van der Waals surface area (Å²) in [5, 5.41) is 2.88. The number of carbonyl (C=O) groups excluding carboxylic acids is 1. The van der Waals surface area contributed by atoms with Crippen LogP contribution in [0, 0.1) is 0 Å². The molecule has 1 N–H and O–H groups in total. The molecule has 0 bridgehead atoms. The zero-order valence-corrected chi connectivity index (χ0v) is 10.5. The normalized spacial score (nSPS) is 21.1. The first kappa shape index (κ1) is 13.5. The van der Waals surface area contributed by atoms with Crippen molar-refractivity contribution in [3.8, 4) is 0 Å². The summed E-state index contributed by atoms with van der Waals surface area (Å²) in [5.41, 5.74) is 0. The first-order valence-electron chi connectivity index (χ1n) is 6.29. The molecule has 4 heteroatoms. The number of nitrogens with zero attached hydrogens (tertiary/aromatic N) is 1. The van der Waals surface area contributed by atoms with Crippen LogP contribution in [0.2, 0.25) is 0 Å². The molecule has 1 aliphatic rings.